The molecule has 2 aliphatic heterocycles. The lowest BCUT2D eigenvalue weighted by Gasteiger charge is -2.43. The number of rotatable bonds is 10. The summed E-state index contributed by atoms with van der Waals surface area (Å²) in [5.41, 5.74) is 2.80. The van der Waals surface area contributed by atoms with Crippen molar-refractivity contribution in [3.8, 4) is 0 Å². The van der Waals surface area contributed by atoms with E-state index in [0.29, 0.717) is 40.3 Å². The molecule has 2 aromatic carbocycles. The van der Waals surface area contributed by atoms with Crippen LogP contribution in [0.2, 0.25) is 0 Å². The second-order valence-electron chi connectivity index (χ2n) is 11.6. The molecule has 2 fully saturated rings. The van der Waals surface area contributed by atoms with E-state index in [2.05, 4.69) is 47.2 Å². The molecule has 2 saturated heterocycles. The highest BCUT2D eigenvalue weighted by molar-refractivity contribution is 7.92. The number of aromatic amines is 1. The van der Waals surface area contributed by atoms with E-state index in [9.17, 15) is 8.42 Å². The molecule has 0 saturated carbocycles. The van der Waals surface area contributed by atoms with Gasteiger partial charge in [0, 0.05) is 64.2 Å². The Bertz CT molecular complexity index is 1730. The first-order chi connectivity index (χ1) is 21.8. The van der Waals surface area contributed by atoms with Crippen molar-refractivity contribution >= 4 is 55.6 Å². The maximum absolute atomic E-state index is 15.5. The fraction of sp³-hybridized carbons (Fsp3) is 0.438. The summed E-state index contributed by atoms with van der Waals surface area (Å²) in [6, 6.07) is 14.7. The van der Waals surface area contributed by atoms with Gasteiger partial charge in [-0.25, -0.2) is 12.8 Å². The van der Waals surface area contributed by atoms with Gasteiger partial charge in [-0.15, -0.1) is 0 Å². The molecular formula is C32H42FN9O2S. The predicted molar refractivity (Wildman–Crippen MR) is 180 cm³/mol. The van der Waals surface area contributed by atoms with Gasteiger partial charge in [0.1, 0.15) is 17.3 Å². The molecule has 0 unspecified atom stereocenters. The topological polar surface area (TPSA) is 113 Å². The highest BCUT2D eigenvalue weighted by atomic mass is 32.2. The Balaban J connectivity index is 1.16. The third-order valence-electron chi connectivity index (χ3n) is 9.07. The van der Waals surface area contributed by atoms with Crippen molar-refractivity contribution in [2.45, 2.75) is 32.7 Å². The smallest absolute Gasteiger partial charge is 0.234 e. The molecule has 240 valence electrons. The molecule has 0 radical (unpaired) electrons. The number of anilines is 6. The fourth-order valence-electron chi connectivity index (χ4n) is 6.30. The Labute approximate surface area is 264 Å². The molecule has 13 heteroatoms. The highest BCUT2D eigenvalue weighted by Crippen LogP contribution is 2.33. The second kappa shape index (κ2) is 13.2. The normalized spacial score (nSPS) is 17.1. The zero-order valence-corrected chi connectivity index (χ0v) is 26.9. The van der Waals surface area contributed by atoms with E-state index in [1.54, 1.807) is 31.3 Å². The minimum atomic E-state index is -3.47. The van der Waals surface area contributed by atoms with Crippen LogP contribution in [0, 0.1) is 5.82 Å². The lowest BCUT2D eigenvalue weighted by molar-refractivity contribution is 0.0878. The van der Waals surface area contributed by atoms with E-state index in [1.807, 2.05) is 24.3 Å². The number of benzene rings is 2. The summed E-state index contributed by atoms with van der Waals surface area (Å²) in [5, 5.41) is 7.18. The minimum absolute atomic E-state index is 0.0220. The molecule has 4 aromatic rings. The zero-order chi connectivity index (χ0) is 31.6. The second-order valence-corrected chi connectivity index (χ2v) is 13.9. The van der Waals surface area contributed by atoms with Gasteiger partial charge in [0.15, 0.2) is 0 Å². The molecule has 2 aliphatic rings. The molecule has 2 aromatic heterocycles. The van der Waals surface area contributed by atoms with Crippen LogP contribution < -0.4 is 19.8 Å². The summed E-state index contributed by atoms with van der Waals surface area (Å²) in [4.78, 5) is 19.6. The molecule has 3 N–H and O–H groups in total. The largest absolute Gasteiger partial charge is 0.369 e. The Hall–Kier alpha value is -3.94. The number of piperidine rings is 1. The quantitative estimate of drug-likeness (QED) is 0.222. The maximum Gasteiger partial charge on any atom is 0.234 e. The van der Waals surface area contributed by atoms with Crippen molar-refractivity contribution in [2.24, 2.45) is 0 Å². The number of halogens is 1. The van der Waals surface area contributed by atoms with Crippen molar-refractivity contribution in [2.75, 3.05) is 78.5 Å². The van der Waals surface area contributed by atoms with Crippen LogP contribution in [0.1, 0.15) is 26.7 Å². The van der Waals surface area contributed by atoms with Gasteiger partial charge < -0.3 is 25.4 Å². The summed E-state index contributed by atoms with van der Waals surface area (Å²) in [5.74, 6) is 0.444. The molecule has 0 atom stereocenters. The van der Waals surface area contributed by atoms with Crippen molar-refractivity contribution < 1.29 is 12.8 Å². The number of hydrogen-bond acceptors (Lipinski definition) is 9. The molecule has 0 aliphatic carbocycles. The Morgan fingerprint density at radius 2 is 1.73 bits per heavy atom. The number of para-hydroxylation sites is 2. The standard InChI is InChI=1S/C32H42FN9O2S/c1-4-40-18-20-41(21-19-40)24-13-16-42(17-14-24)28-11-10-23(22-26(28)33)35-32-37-30-25(12-15-34-30)31(38-32)36-27-8-6-7-9-29(27)39(3)45(43,44)5-2/h6-12,15,22,24H,4-5,13-14,16-21H2,1-3H3,(H3,34,35,36,37,38). The molecule has 4 heterocycles. The van der Waals surface area contributed by atoms with Gasteiger partial charge in [0.25, 0.3) is 0 Å². The van der Waals surface area contributed by atoms with Gasteiger partial charge in [0.05, 0.1) is 28.2 Å². The van der Waals surface area contributed by atoms with Crippen LogP contribution >= 0.6 is 0 Å². The van der Waals surface area contributed by atoms with Crippen molar-refractivity contribution in [1.29, 1.82) is 0 Å². The predicted octanol–water partition coefficient (Wildman–Crippen LogP) is 4.98. The number of H-pyrrole nitrogens is 1. The number of hydrogen-bond donors (Lipinski definition) is 3. The van der Waals surface area contributed by atoms with Crippen LogP contribution in [0.25, 0.3) is 11.0 Å². The van der Waals surface area contributed by atoms with Crippen molar-refractivity contribution in [3.63, 3.8) is 0 Å². The fourth-order valence-corrected chi connectivity index (χ4v) is 7.15. The average Bonchev–Trinajstić information content (AvgIpc) is 3.54. The van der Waals surface area contributed by atoms with Gasteiger partial charge in [-0.3, -0.25) is 9.21 Å². The lowest BCUT2D eigenvalue weighted by Crippen LogP contribution is -2.53. The number of nitrogens with one attached hydrogen (secondary N) is 3. The summed E-state index contributed by atoms with van der Waals surface area (Å²) in [6.45, 7) is 11.1. The van der Waals surface area contributed by atoms with Gasteiger partial charge in [-0.2, -0.15) is 9.97 Å². The van der Waals surface area contributed by atoms with E-state index in [0.717, 1.165) is 64.0 Å². The summed E-state index contributed by atoms with van der Waals surface area (Å²) >= 11 is 0. The van der Waals surface area contributed by atoms with Crippen LogP contribution in [0.4, 0.5) is 38.9 Å². The number of sulfonamides is 1. The number of aromatic nitrogens is 3. The highest BCUT2D eigenvalue weighted by Gasteiger charge is 2.28. The number of piperazine rings is 1. The third-order valence-corrected chi connectivity index (χ3v) is 10.8. The number of nitrogens with zero attached hydrogens (tertiary/aromatic N) is 6. The maximum atomic E-state index is 15.5. The Morgan fingerprint density at radius 1 is 0.978 bits per heavy atom. The SMILES string of the molecule is CCN1CCN(C2CCN(c3ccc(Nc4nc(Nc5ccccc5N(C)S(=O)(=O)CC)c5cc[nH]c5n4)cc3F)CC2)CC1. The Morgan fingerprint density at radius 3 is 2.44 bits per heavy atom. The molecule has 0 amide bonds. The van der Waals surface area contributed by atoms with Crippen molar-refractivity contribution in [1.82, 2.24) is 24.8 Å². The van der Waals surface area contributed by atoms with Crippen molar-refractivity contribution in [3.05, 3.63) is 60.5 Å². The van der Waals surface area contributed by atoms with E-state index in [-0.39, 0.29) is 17.5 Å². The zero-order valence-electron chi connectivity index (χ0n) is 26.1. The molecule has 0 bridgehead atoms. The first-order valence-electron chi connectivity index (χ1n) is 15.7. The molecular weight excluding hydrogens is 593 g/mol. The Kier molecular flexibility index (Phi) is 9.11. The van der Waals surface area contributed by atoms with Gasteiger partial charge in [-0.1, -0.05) is 19.1 Å². The average molecular weight is 636 g/mol. The van der Waals surface area contributed by atoms with Crippen LogP contribution in [0.3, 0.4) is 0 Å². The van der Waals surface area contributed by atoms with E-state index < -0.39 is 10.0 Å². The molecule has 0 spiro atoms. The van der Waals surface area contributed by atoms with E-state index in [4.69, 9.17) is 0 Å². The first-order valence-corrected chi connectivity index (χ1v) is 17.3. The summed E-state index contributed by atoms with van der Waals surface area (Å²) in [7, 11) is -1.94. The van der Waals surface area contributed by atoms with Crippen LogP contribution in [0.5, 0.6) is 0 Å². The van der Waals surface area contributed by atoms with Crippen LogP contribution in [-0.2, 0) is 10.0 Å². The van der Waals surface area contributed by atoms with Gasteiger partial charge in [-0.05, 0) is 62.7 Å². The van der Waals surface area contributed by atoms with Crippen LogP contribution in [0.15, 0.2) is 54.7 Å². The first kappa shape index (κ1) is 31.1. The van der Waals surface area contributed by atoms with E-state index in [1.165, 1.54) is 17.4 Å². The summed E-state index contributed by atoms with van der Waals surface area (Å²) < 4.78 is 42.0. The number of likely N-dealkylation sites (N-methyl/N-ethyl adjacent to an activating group) is 1. The minimum Gasteiger partial charge on any atom is -0.369 e. The molecule has 6 rings (SSSR count). The van der Waals surface area contributed by atoms with Gasteiger partial charge in [0.2, 0.25) is 16.0 Å². The van der Waals surface area contributed by atoms with Gasteiger partial charge >= 0.3 is 0 Å². The van der Waals surface area contributed by atoms with Crippen LogP contribution in [-0.4, -0.2) is 97.8 Å². The van der Waals surface area contributed by atoms with E-state index >= 15 is 4.39 Å². The summed E-state index contributed by atoms with van der Waals surface area (Å²) in [6.07, 6.45) is 3.83. The number of fused-ring (bicyclic) bond motifs is 1. The molecule has 11 nitrogen and oxygen atoms in total. The molecule has 45 heavy (non-hydrogen) atoms. The lowest BCUT2D eigenvalue weighted by atomic mass is 10.0. The monoisotopic (exact) mass is 635 g/mol. The third kappa shape index (κ3) is 6.70.